The van der Waals surface area contributed by atoms with Gasteiger partial charge >= 0.3 is 5.97 Å². The number of nitrogens with zero attached hydrogens (tertiary/aromatic N) is 1. The topological polar surface area (TPSA) is 105 Å². The first-order valence-corrected chi connectivity index (χ1v) is 10.6. The van der Waals surface area contributed by atoms with E-state index in [0.29, 0.717) is 16.9 Å². The summed E-state index contributed by atoms with van der Waals surface area (Å²) in [4.78, 5) is 50.9. The molecule has 0 radical (unpaired) electrons. The summed E-state index contributed by atoms with van der Waals surface area (Å²) >= 11 is 0. The van der Waals surface area contributed by atoms with Gasteiger partial charge in [-0.3, -0.25) is 19.2 Å². The fraction of sp³-hybridized carbons (Fsp3) is 0.200. The summed E-state index contributed by atoms with van der Waals surface area (Å²) in [5, 5.41) is 7.21. The second kappa shape index (κ2) is 9.52. The van der Waals surface area contributed by atoms with Gasteiger partial charge in [-0.25, -0.2) is 0 Å². The Morgan fingerprint density at radius 1 is 1.03 bits per heavy atom. The lowest BCUT2D eigenvalue weighted by Gasteiger charge is -2.27. The van der Waals surface area contributed by atoms with Crippen molar-refractivity contribution in [3.8, 4) is 0 Å². The number of carbonyl (C=O) groups is 4. The number of nitrogens with one attached hydrogen (secondary N) is 2. The molecule has 1 atom stereocenters. The van der Waals surface area contributed by atoms with Crippen LogP contribution < -0.4 is 15.5 Å². The van der Waals surface area contributed by atoms with E-state index in [9.17, 15) is 19.2 Å². The quantitative estimate of drug-likeness (QED) is 0.588. The van der Waals surface area contributed by atoms with Crippen LogP contribution >= 0.6 is 0 Å². The number of hydrogen-bond acceptors (Lipinski definition) is 5. The van der Waals surface area contributed by atoms with Crippen molar-refractivity contribution in [3.05, 3.63) is 72.3 Å². The van der Waals surface area contributed by atoms with Crippen LogP contribution in [-0.2, 0) is 19.1 Å². The molecule has 0 aromatic heterocycles. The van der Waals surface area contributed by atoms with Crippen molar-refractivity contribution in [3.63, 3.8) is 0 Å². The third-order valence-electron chi connectivity index (χ3n) is 5.39. The van der Waals surface area contributed by atoms with Gasteiger partial charge < -0.3 is 20.3 Å². The lowest BCUT2D eigenvalue weighted by atomic mass is 10.1. The van der Waals surface area contributed by atoms with E-state index in [2.05, 4.69) is 10.6 Å². The van der Waals surface area contributed by atoms with Crippen molar-refractivity contribution in [1.29, 1.82) is 0 Å². The van der Waals surface area contributed by atoms with Crippen LogP contribution in [0, 0.1) is 0 Å². The lowest BCUT2D eigenvalue weighted by Crippen LogP contribution is -2.42. The Hall–Kier alpha value is -4.20. The minimum absolute atomic E-state index is 0.121. The van der Waals surface area contributed by atoms with Gasteiger partial charge in [-0.2, -0.15) is 0 Å². The molecule has 0 bridgehead atoms. The summed E-state index contributed by atoms with van der Waals surface area (Å²) in [5.74, 6) is -1.80. The van der Waals surface area contributed by atoms with Crippen LogP contribution in [-0.4, -0.2) is 42.9 Å². The highest BCUT2D eigenvalue weighted by molar-refractivity contribution is 6.05. The predicted octanol–water partition coefficient (Wildman–Crippen LogP) is 2.88. The summed E-state index contributed by atoms with van der Waals surface area (Å²) in [5.41, 5.74) is 1.49. The number of esters is 1. The Labute approximate surface area is 190 Å². The van der Waals surface area contributed by atoms with Gasteiger partial charge in [0.2, 0.25) is 5.91 Å². The predicted molar refractivity (Wildman–Crippen MR) is 124 cm³/mol. The van der Waals surface area contributed by atoms with Gasteiger partial charge in [0.05, 0.1) is 11.4 Å². The number of amides is 3. The molecule has 8 nitrogen and oxygen atoms in total. The van der Waals surface area contributed by atoms with E-state index < -0.39 is 30.4 Å². The average molecular weight is 445 g/mol. The molecule has 3 aromatic carbocycles. The van der Waals surface area contributed by atoms with Crippen LogP contribution in [0.5, 0.6) is 0 Å². The Morgan fingerprint density at radius 2 is 1.76 bits per heavy atom. The highest BCUT2D eigenvalue weighted by Gasteiger charge is 2.30. The summed E-state index contributed by atoms with van der Waals surface area (Å²) in [6.45, 7) is 0.883. The first kappa shape index (κ1) is 22.0. The van der Waals surface area contributed by atoms with Gasteiger partial charge in [0.15, 0.2) is 6.61 Å². The van der Waals surface area contributed by atoms with E-state index in [4.69, 9.17) is 4.74 Å². The van der Waals surface area contributed by atoms with E-state index in [1.54, 1.807) is 43.3 Å². The number of rotatable bonds is 5. The normalized spacial score (nSPS) is 15.2. The number of hydrogen-bond donors (Lipinski definition) is 2. The first-order valence-electron chi connectivity index (χ1n) is 10.6. The van der Waals surface area contributed by atoms with Crippen molar-refractivity contribution < 1.29 is 23.9 Å². The Morgan fingerprint density at radius 3 is 2.58 bits per heavy atom. The van der Waals surface area contributed by atoms with Gasteiger partial charge in [0, 0.05) is 18.0 Å². The molecule has 2 N–H and O–H groups in total. The molecule has 1 heterocycles. The molecule has 3 amide bonds. The SMILES string of the molecule is CC1CC(=O)Nc2ccccc2N1C(=O)COC(=O)CNC(=O)c1ccc2ccccc2c1. The van der Waals surface area contributed by atoms with Crippen molar-refractivity contribution in [1.82, 2.24) is 5.32 Å². The fourth-order valence-electron chi connectivity index (χ4n) is 3.82. The minimum atomic E-state index is -0.734. The summed E-state index contributed by atoms with van der Waals surface area (Å²) in [7, 11) is 0. The van der Waals surface area contributed by atoms with Crippen molar-refractivity contribution in [2.75, 3.05) is 23.4 Å². The second-order valence-corrected chi connectivity index (χ2v) is 7.79. The molecule has 1 aliphatic heterocycles. The van der Waals surface area contributed by atoms with Crippen molar-refractivity contribution in [2.45, 2.75) is 19.4 Å². The number of anilines is 2. The molecular formula is C25H23N3O5. The van der Waals surface area contributed by atoms with Crippen LogP contribution in [0.25, 0.3) is 10.8 Å². The van der Waals surface area contributed by atoms with Crippen LogP contribution in [0.2, 0.25) is 0 Å². The number of fused-ring (bicyclic) bond motifs is 2. The molecule has 0 spiro atoms. The smallest absolute Gasteiger partial charge is 0.325 e. The molecule has 0 saturated heterocycles. The highest BCUT2D eigenvalue weighted by Crippen LogP contribution is 2.31. The third-order valence-corrected chi connectivity index (χ3v) is 5.39. The van der Waals surface area contributed by atoms with Gasteiger partial charge in [-0.1, -0.05) is 42.5 Å². The maximum Gasteiger partial charge on any atom is 0.325 e. The molecule has 33 heavy (non-hydrogen) atoms. The van der Waals surface area contributed by atoms with Crippen LogP contribution in [0.1, 0.15) is 23.7 Å². The second-order valence-electron chi connectivity index (χ2n) is 7.79. The third kappa shape index (κ3) is 5.01. The molecule has 168 valence electrons. The van der Waals surface area contributed by atoms with E-state index in [-0.39, 0.29) is 18.9 Å². The van der Waals surface area contributed by atoms with Gasteiger partial charge in [0.25, 0.3) is 11.8 Å². The van der Waals surface area contributed by atoms with E-state index in [0.717, 1.165) is 10.8 Å². The largest absolute Gasteiger partial charge is 0.454 e. The molecule has 8 heteroatoms. The minimum Gasteiger partial charge on any atom is -0.454 e. The molecule has 0 fully saturated rings. The van der Waals surface area contributed by atoms with E-state index >= 15 is 0 Å². The fourth-order valence-corrected chi connectivity index (χ4v) is 3.82. The zero-order valence-corrected chi connectivity index (χ0v) is 18.0. The number of carbonyl (C=O) groups excluding carboxylic acids is 4. The maximum atomic E-state index is 12.8. The Balaban J connectivity index is 1.34. The van der Waals surface area contributed by atoms with Gasteiger partial charge in [0.1, 0.15) is 6.54 Å². The highest BCUT2D eigenvalue weighted by atomic mass is 16.5. The first-order chi connectivity index (χ1) is 15.9. The van der Waals surface area contributed by atoms with Crippen molar-refractivity contribution >= 4 is 45.8 Å². The molecular weight excluding hydrogens is 422 g/mol. The zero-order chi connectivity index (χ0) is 23.4. The van der Waals surface area contributed by atoms with Gasteiger partial charge in [-0.15, -0.1) is 0 Å². The number of ether oxygens (including phenoxy) is 1. The molecule has 4 rings (SSSR count). The molecule has 1 unspecified atom stereocenters. The molecule has 0 aliphatic carbocycles. The zero-order valence-electron chi connectivity index (χ0n) is 18.0. The molecule has 0 saturated carbocycles. The van der Waals surface area contributed by atoms with Crippen LogP contribution in [0.3, 0.4) is 0 Å². The van der Waals surface area contributed by atoms with Crippen LogP contribution in [0.15, 0.2) is 66.7 Å². The Bertz CT molecular complexity index is 1240. The number of benzene rings is 3. The standard InChI is InChI=1S/C25H23N3O5/c1-16-12-22(29)27-20-8-4-5-9-21(20)28(16)23(30)15-33-24(31)14-26-25(32)19-11-10-17-6-2-3-7-18(17)13-19/h2-11,13,16H,12,14-15H2,1H3,(H,26,32)(H,27,29). The summed E-state index contributed by atoms with van der Waals surface area (Å²) < 4.78 is 5.09. The number of para-hydroxylation sites is 2. The van der Waals surface area contributed by atoms with Gasteiger partial charge in [-0.05, 0) is 42.0 Å². The Kier molecular flexibility index (Phi) is 6.35. The summed E-state index contributed by atoms with van der Waals surface area (Å²) in [6.07, 6.45) is 0.121. The monoisotopic (exact) mass is 445 g/mol. The lowest BCUT2D eigenvalue weighted by molar-refractivity contribution is -0.146. The van der Waals surface area contributed by atoms with E-state index in [1.165, 1.54) is 4.90 Å². The maximum absolute atomic E-state index is 12.8. The molecule has 1 aliphatic rings. The average Bonchev–Trinajstić information content (AvgIpc) is 2.94. The van der Waals surface area contributed by atoms with E-state index in [1.807, 2.05) is 30.3 Å². The molecule has 3 aromatic rings. The van der Waals surface area contributed by atoms with Crippen molar-refractivity contribution in [2.24, 2.45) is 0 Å². The van der Waals surface area contributed by atoms with Crippen LogP contribution in [0.4, 0.5) is 11.4 Å². The summed E-state index contributed by atoms with van der Waals surface area (Å²) in [6, 6.07) is 19.4.